The maximum Gasteiger partial charge on any atom is 0.310 e. The van der Waals surface area contributed by atoms with Gasteiger partial charge in [0.1, 0.15) is 13.2 Å². The SMILES string of the molecule is CC/C=C\C/C=C\C/C=C\CC(=O)OC(COC(=O)CCCC/C=C\C/C=C\CC)COC(=O)CCCCCCCCC/C=C\CCCCCC. The molecule has 0 aromatic rings. The quantitative estimate of drug-likeness (QED) is 0.0282. The van der Waals surface area contributed by atoms with Crippen molar-refractivity contribution in [1.29, 1.82) is 0 Å². The Bertz CT molecular complexity index is 1000. The van der Waals surface area contributed by atoms with Crippen LogP contribution in [-0.2, 0) is 28.6 Å². The zero-order valence-corrected chi connectivity index (χ0v) is 32.8. The Balaban J connectivity index is 4.44. The molecule has 0 spiro atoms. The van der Waals surface area contributed by atoms with Crippen LogP contribution in [0.15, 0.2) is 72.9 Å². The Morgan fingerprint density at radius 3 is 1.35 bits per heavy atom. The van der Waals surface area contributed by atoms with Gasteiger partial charge in [0, 0.05) is 12.8 Å². The molecule has 0 aliphatic carbocycles. The summed E-state index contributed by atoms with van der Waals surface area (Å²) in [4.78, 5) is 37.4. The van der Waals surface area contributed by atoms with Crippen molar-refractivity contribution >= 4 is 17.9 Å². The molecule has 0 aromatic heterocycles. The van der Waals surface area contributed by atoms with Crippen LogP contribution in [0.1, 0.15) is 175 Å². The first-order valence-corrected chi connectivity index (χ1v) is 20.4. The van der Waals surface area contributed by atoms with Crippen molar-refractivity contribution in [2.24, 2.45) is 0 Å². The molecule has 0 saturated carbocycles. The van der Waals surface area contributed by atoms with Crippen LogP contribution < -0.4 is 0 Å². The topological polar surface area (TPSA) is 78.9 Å². The third-order valence-electron chi connectivity index (χ3n) is 8.21. The zero-order valence-electron chi connectivity index (χ0n) is 32.8. The summed E-state index contributed by atoms with van der Waals surface area (Å²) < 4.78 is 16.4. The highest BCUT2D eigenvalue weighted by Crippen LogP contribution is 2.12. The van der Waals surface area contributed by atoms with Crippen LogP contribution in [0.25, 0.3) is 0 Å². The fraction of sp³-hybridized carbons (Fsp3) is 0.667. The second-order valence-electron chi connectivity index (χ2n) is 13.1. The van der Waals surface area contributed by atoms with Crippen molar-refractivity contribution in [3.63, 3.8) is 0 Å². The first-order valence-electron chi connectivity index (χ1n) is 20.4. The number of hydrogen-bond donors (Lipinski definition) is 0. The average molecular weight is 711 g/mol. The highest BCUT2D eigenvalue weighted by molar-refractivity contribution is 5.72. The molecule has 0 N–H and O–H groups in total. The summed E-state index contributed by atoms with van der Waals surface area (Å²) in [6, 6.07) is 0. The Morgan fingerprint density at radius 2 is 0.824 bits per heavy atom. The number of carbonyl (C=O) groups excluding carboxylic acids is 3. The van der Waals surface area contributed by atoms with Crippen molar-refractivity contribution < 1.29 is 28.6 Å². The predicted octanol–water partition coefficient (Wildman–Crippen LogP) is 12.7. The zero-order chi connectivity index (χ0) is 37.3. The molecule has 0 aliphatic rings. The van der Waals surface area contributed by atoms with Crippen LogP contribution in [0.3, 0.4) is 0 Å². The summed E-state index contributed by atoms with van der Waals surface area (Å²) in [7, 11) is 0. The molecule has 51 heavy (non-hydrogen) atoms. The van der Waals surface area contributed by atoms with E-state index in [0.717, 1.165) is 70.6 Å². The Kier molecular flexibility index (Phi) is 37.2. The van der Waals surface area contributed by atoms with Gasteiger partial charge in [0.2, 0.25) is 0 Å². The van der Waals surface area contributed by atoms with E-state index < -0.39 is 12.1 Å². The third-order valence-corrected chi connectivity index (χ3v) is 8.21. The smallest absolute Gasteiger partial charge is 0.310 e. The van der Waals surface area contributed by atoms with Crippen LogP contribution >= 0.6 is 0 Å². The molecule has 0 saturated heterocycles. The lowest BCUT2D eigenvalue weighted by Crippen LogP contribution is -2.30. The molecule has 290 valence electrons. The largest absolute Gasteiger partial charge is 0.462 e. The van der Waals surface area contributed by atoms with Gasteiger partial charge in [-0.25, -0.2) is 0 Å². The van der Waals surface area contributed by atoms with E-state index in [1.807, 2.05) is 6.08 Å². The summed E-state index contributed by atoms with van der Waals surface area (Å²) in [5.74, 6) is -1.10. The van der Waals surface area contributed by atoms with E-state index in [1.54, 1.807) is 6.08 Å². The maximum atomic E-state index is 12.5. The molecule has 0 fully saturated rings. The van der Waals surface area contributed by atoms with Crippen molar-refractivity contribution in [1.82, 2.24) is 0 Å². The lowest BCUT2D eigenvalue weighted by atomic mass is 10.1. The van der Waals surface area contributed by atoms with Crippen LogP contribution in [-0.4, -0.2) is 37.2 Å². The molecule has 1 atom stereocenters. The lowest BCUT2D eigenvalue weighted by molar-refractivity contribution is -0.166. The number of esters is 3. The Hall–Kier alpha value is -3.15. The van der Waals surface area contributed by atoms with E-state index >= 15 is 0 Å². The Morgan fingerprint density at radius 1 is 0.431 bits per heavy atom. The minimum absolute atomic E-state index is 0.0968. The average Bonchev–Trinajstić information content (AvgIpc) is 3.12. The van der Waals surface area contributed by atoms with Crippen molar-refractivity contribution in [3.05, 3.63) is 72.9 Å². The van der Waals surface area contributed by atoms with E-state index in [2.05, 4.69) is 81.5 Å². The van der Waals surface area contributed by atoms with Gasteiger partial charge >= 0.3 is 17.9 Å². The maximum absolute atomic E-state index is 12.5. The van der Waals surface area contributed by atoms with Gasteiger partial charge in [-0.3, -0.25) is 14.4 Å². The highest BCUT2D eigenvalue weighted by Gasteiger charge is 2.19. The fourth-order valence-corrected chi connectivity index (χ4v) is 5.18. The molecule has 0 amide bonds. The molecule has 6 nitrogen and oxygen atoms in total. The van der Waals surface area contributed by atoms with Gasteiger partial charge in [-0.15, -0.1) is 0 Å². The summed E-state index contributed by atoms with van der Waals surface area (Å²) >= 11 is 0. The van der Waals surface area contributed by atoms with E-state index in [0.29, 0.717) is 12.8 Å². The van der Waals surface area contributed by atoms with Crippen LogP contribution in [0.5, 0.6) is 0 Å². The summed E-state index contributed by atoms with van der Waals surface area (Å²) in [5, 5.41) is 0. The third kappa shape index (κ3) is 37.9. The molecular formula is C45H74O6. The van der Waals surface area contributed by atoms with Gasteiger partial charge in [0.15, 0.2) is 6.10 Å². The van der Waals surface area contributed by atoms with Crippen molar-refractivity contribution in [3.8, 4) is 0 Å². The van der Waals surface area contributed by atoms with Gasteiger partial charge < -0.3 is 14.2 Å². The first kappa shape index (κ1) is 47.8. The first-order chi connectivity index (χ1) is 25.0. The predicted molar refractivity (Wildman–Crippen MR) is 214 cm³/mol. The molecule has 0 aliphatic heterocycles. The molecule has 0 rings (SSSR count). The van der Waals surface area contributed by atoms with Crippen LogP contribution in [0.4, 0.5) is 0 Å². The van der Waals surface area contributed by atoms with E-state index in [9.17, 15) is 14.4 Å². The molecule has 0 bridgehead atoms. The monoisotopic (exact) mass is 711 g/mol. The van der Waals surface area contributed by atoms with Crippen LogP contribution in [0, 0.1) is 0 Å². The van der Waals surface area contributed by atoms with Gasteiger partial charge in [-0.05, 0) is 83.5 Å². The standard InChI is InChI=1S/C45H74O6/c1-4-7-10-13-16-19-20-21-22-23-24-27-29-32-35-38-44(47)50-41-42(51-45(48)39-36-33-30-26-18-15-12-9-6-3)40-49-43(46)37-34-31-28-25-17-14-11-8-5-2/h8-9,11-12,17-20,25-26,33,36,42H,4-7,10,13-16,21-24,27-32,34-35,37-41H2,1-3H3/b11-8-,12-9-,20-19-,25-17-,26-18-,36-33-. The summed E-state index contributed by atoms with van der Waals surface area (Å²) in [5.41, 5.74) is 0. The molecule has 0 heterocycles. The lowest BCUT2D eigenvalue weighted by Gasteiger charge is -2.18. The second kappa shape index (κ2) is 39.6. The van der Waals surface area contributed by atoms with E-state index in [1.165, 1.54) is 64.2 Å². The molecule has 0 radical (unpaired) electrons. The number of ether oxygens (including phenoxy) is 3. The van der Waals surface area contributed by atoms with Crippen LogP contribution in [0.2, 0.25) is 0 Å². The van der Waals surface area contributed by atoms with Gasteiger partial charge in [0.25, 0.3) is 0 Å². The number of allylic oxidation sites excluding steroid dienone is 11. The highest BCUT2D eigenvalue weighted by atomic mass is 16.6. The number of unbranched alkanes of at least 4 members (excludes halogenated alkanes) is 13. The molecular weight excluding hydrogens is 636 g/mol. The van der Waals surface area contributed by atoms with Gasteiger partial charge in [-0.1, -0.05) is 145 Å². The van der Waals surface area contributed by atoms with E-state index in [-0.39, 0.29) is 31.6 Å². The number of hydrogen-bond acceptors (Lipinski definition) is 6. The second-order valence-corrected chi connectivity index (χ2v) is 13.1. The van der Waals surface area contributed by atoms with Gasteiger partial charge in [-0.2, -0.15) is 0 Å². The molecule has 6 heteroatoms. The minimum Gasteiger partial charge on any atom is -0.462 e. The van der Waals surface area contributed by atoms with Crippen molar-refractivity contribution in [2.45, 2.75) is 181 Å². The molecule has 1 unspecified atom stereocenters. The normalized spacial score (nSPS) is 12.8. The molecule has 0 aromatic carbocycles. The summed E-state index contributed by atoms with van der Waals surface area (Å²) in [6.45, 7) is 6.22. The van der Waals surface area contributed by atoms with Crippen molar-refractivity contribution in [2.75, 3.05) is 13.2 Å². The summed E-state index contributed by atoms with van der Waals surface area (Å²) in [6.07, 6.45) is 47.9. The van der Waals surface area contributed by atoms with E-state index in [4.69, 9.17) is 14.2 Å². The minimum atomic E-state index is -0.834. The Labute approximate surface area is 312 Å². The number of rotatable bonds is 35. The number of carbonyl (C=O) groups is 3. The fourth-order valence-electron chi connectivity index (χ4n) is 5.18. The van der Waals surface area contributed by atoms with Gasteiger partial charge in [0.05, 0.1) is 6.42 Å².